The quantitative estimate of drug-likeness (QED) is 0.566. The third kappa shape index (κ3) is 6.41. The number of hydrogen-bond donors (Lipinski definition) is 0. The van der Waals surface area contributed by atoms with Crippen LogP contribution in [0.2, 0.25) is 0 Å². The third-order valence-electron chi connectivity index (χ3n) is 0.697. The second-order valence-corrected chi connectivity index (χ2v) is 1.99. The van der Waals surface area contributed by atoms with Gasteiger partial charge in [0.15, 0.2) is 0 Å². The van der Waals surface area contributed by atoms with Crippen molar-refractivity contribution in [1.82, 2.24) is 0 Å². The molecule has 0 aliphatic heterocycles. The molecule has 0 saturated heterocycles. The molecular weight excluding hydrogens is 159 g/mol. The van der Waals surface area contributed by atoms with Gasteiger partial charge in [-0.1, -0.05) is 15.9 Å². The van der Waals surface area contributed by atoms with Crippen LogP contribution in [0.15, 0.2) is 0 Å². The minimum absolute atomic E-state index is 0.180. The lowest BCUT2D eigenvalue weighted by molar-refractivity contribution is 0.463. The molecule has 0 atom stereocenters. The van der Waals surface area contributed by atoms with Crippen LogP contribution in [0.25, 0.3) is 0 Å². The first-order valence-electron chi connectivity index (χ1n) is 2.39. The zero-order valence-corrected chi connectivity index (χ0v) is 5.75. The van der Waals surface area contributed by atoms with Crippen molar-refractivity contribution in [3.05, 3.63) is 5.33 Å². The number of rotatable bonds is 4. The monoisotopic (exact) mass is 167 g/mol. The molecule has 0 saturated carbocycles. The normalized spacial score (nSPS) is 9.43. The highest BCUT2D eigenvalue weighted by Crippen LogP contribution is 2.02. The lowest BCUT2D eigenvalue weighted by Gasteiger charge is -1.87. The Morgan fingerprint density at radius 2 is 2.14 bits per heavy atom. The van der Waals surface area contributed by atoms with Crippen LogP contribution in [0.5, 0.6) is 0 Å². The molecule has 0 aliphatic carbocycles. The van der Waals surface area contributed by atoms with E-state index in [0.717, 1.165) is 12.8 Å². The van der Waals surface area contributed by atoms with E-state index in [9.17, 15) is 4.39 Å². The number of unbranched alkanes of at least 4 members (excludes halogenated alkanes) is 2. The molecule has 7 heavy (non-hydrogen) atoms. The molecule has 0 amide bonds. The van der Waals surface area contributed by atoms with Crippen LogP contribution in [0, 0.1) is 5.33 Å². The van der Waals surface area contributed by atoms with Crippen LogP contribution in [0.3, 0.4) is 0 Å². The van der Waals surface area contributed by atoms with Gasteiger partial charge in [-0.3, -0.25) is 4.39 Å². The summed E-state index contributed by atoms with van der Waals surface area (Å²) in [7, 11) is 0. The van der Waals surface area contributed by atoms with E-state index in [4.69, 9.17) is 0 Å². The summed E-state index contributed by atoms with van der Waals surface area (Å²) >= 11 is 3.13. The van der Waals surface area contributed by atoms with Crippen LogP contribution in [-0.2, 0) is 0 Å². The fourth-order valence-corrected chi connectivity index (χ4v) is 0.640. The average molecular weight is 168 g/mol. The summed E-state index contributed by atoms with van der Waals surface area (Å²) < 4.78 is 11.3. The molecule has 0 fully saturated rings. The Balaban J connectivity index is 2.45. The maximum absolute atomic E-state index is 11.3. The van der Waals surface area contributed by atoms with Gasteiger partial charge in [0, 0.05) is 5.33 Å². The van der Waals surface area contributed by atoms with Gasteiger partial charge in [-0.05, 0) is 19.3 Å². The fraction of sp³-hybridized carbons (Fsp3) is 0.800. The first-order chi connectivity index (χ1) is 3.41. The molecule has 0 heterocycles. The van der Waals surface area contributed by atoms with Crippen LogP contribution in [-0.4, -0.2) is 6.67 Å². The third-order valence-corrected chi connectivity index (χ3v) is 1.15. The first kappa shape index (κ1) is 7.41. The van der Waals surface area contributed by atoms with Crippen LogP contribution in [0.4, 0.5) is 4.39 Å². The van der Waals surface area contributed by atoms with Gasteiger partial charge in [0.05, 0.1) is 6.67 Å². The zero-order chi connectivity index (χ0) is 5.54. The van der Waals surface area contributed by atoms with Crippen molar-refractivity contribution in [1.29, 1.82) is 0 Å². The molecule has 2 heteroatoms. The van der Waals surface area contributed by atoms with E-state index < -0.39 is 0 Å². The molecule has 0 aromatic carbocycles. The molecule has 0 unspecified atom stereocenters. The molecule has 0 bridgehead atoms. The number of alkyl halides is 1. The summed E-state index contributed by atoms with van der Waals surface area (Å²) in [4.78, 5) is 0. The summed E-state index contributed by atoms with van der Waals surface area (Å²) in [5, 5.41) is 1.88. The summed E-state index contributed by atoms with van der Waals surface area (Å²) in [6, 6.07) is 0. The van der Waals surface area contributed by atoms with Crippen molar-refractivity contribution in [3.8, 4) is 0 Å². The van der Waals surface area contributed by atoms with Crippen molar-refractivity contribution in [3.63, 3.8) is 0 Å². The van der Waals surface area contributed by atoms with Crippen LogP contribution >= 0.6 is 15.9 Å². The van der Waals surface area contributed by atoms with E-state index in [1.807, 2.05) is 5.33 Å². The van der Waals surface area contributed by atoms with E-state index in [-0.39, 0.29) is 6.67 Å². The van der Waals surface area contributed by atoms with Gasteiger partial charge in [-0.25, -0.2) is 0 Å². The summed E-state index contributed by atoms with van der Waals surface area (Å²) in [5.41, 5.74) is 0. The van der Waals surface area contributed by atoms with Gasteiger partial charge >= 0.3 is 0 Å². The van der Waals surface area contributed by atoms with E-state index >= 15 is 0 Å². The molecule has 43 valence electrons. The van der Waals surface area contributed by atoms with E-state index in [1.165, 1.54) is 0 Å². The SMILES string of the molecule is FCCCC[CH]Br. The Bertz CT molecular complexity index is 27.3. The molecule has 1 radical (unpaired) electrons. The minimum Gasteiger partial charge on any atom is -0.251 e. The second kappa shape index (κ2) is 6.41. The maximum Gasteiger partial charge on any atom is 0.0894 e. The fourth-order valence-electron chi connectivity index (χ4n) is 0.316. The van der Waals surface area contributed by atoms with Crippen molar-refractivity contribution < 1.29 is 4.39 Å². The smallest absolute Gasteiger partial charge is 0.0894 e. The van der Waals surface area contributed by atoms with Crippen molar-refractivity contribution >= 4 is 15.9 Å². The number of hydrogen-bond acceptors (Lipinski definition) is 0. The molecule has 0 spiro atoms. The predicted octanol–water partition coefficient (Wildman–Crippen LogP) is 2.68. The molecule has 0 aromatic rings. The topological polar surface area (TPSA) is 0 Å². The first-order valence-corrected chi connectivity index (χ1v) is 3.31. The Labute approximate surface area is 52.2 Å². The Morgan fingerprint density at radius 3 is 2.57 bits per heavy atom. The summed E-state index contributed by atoms with van der Waals surface area (Å²) in [5.74, 6) is 0. The van der Waals surface area contributed by atoms with Crippen LogP contribution in [0.1, 0.15) is 19.3 Å². The van der Waals surface area contributed by atoms with E-state index in [2.05, 4.69) is 15.9 Å². The van der Waals surface area contributed by atoms with Gasteiger partial charge in [0.2, 0.25) is 0 Å². The summed E-state index contributed by atoms with van der Waals surface area (Å²) in [6.07, 6.45) is 2.63. The van der Waals surface area contributed by atoms with Gasteiger partial charge in [0.1, 0.15) is 0 Å². The Kier molecular flexibility index (Phi) is 6.79. The minimum atomic E-state index is -0.180. The molecule has 0 nitrogen and oxygen atoms in total. The average Bonchev–Trinajstić information content (AvgIpc) is 1.69. The lowest BCUT2D eigenvalue weighted by atomic mass is 10.3. The zero-order valence-electron chi connectivity index (χ0n) is 4.16. The lowest BCUT2D eigenvalue weighted by Crippen LogP contribution is -1.74. The molecule has 0 N–H and O–H groups in total. The van der Waals surface area contributed by atoms with Crippen LogP contribution < -0.4 is 0 Å². The van der Waals surface area contributed by atoms with Crippen molar-refractivity contribution in [2.24, 2.45) is 0 Å². The summed E-state index contributed by atoms with van der Waals surface area (Å²) in [6.45, 7) is -0.180. The second-order valence-electron chi connectivity index (χ2n) is 1.34. The Hall–Kier alpha value is 0.410. The highest BCUT2D eigenvalue weighted by Gasteiger charge is 1.83. The highest BCUT2D eigenvalue weighted by atomic mass is 79.9. The van der Waals surface area contributed by atoms with Gasteiger partial charge in [-0.15, -0.1) is 0 Å². The largest absolute Gasteiger partial charge is 0.251 e. The molecule has 0 aromatic heterocycles. The Morgan fingerprint density at radius 1 is 1.43 bits per heavy atom. The maximum atomic E-state index is 11.3. The number of halogens is 2. The van der Waals surface area contributed by atoms with Gasteiger partial charge < -0.3 is 0 Å². The molecular formula is C5H9BrF. The van der Waals surface area contributed by atoms with Crippen molar-refractivity contribution in [2.45, 2.75) is 19.3 Å². The highest BCUT2D eigenvalue weighted by molar-refractivity contribution is 9.10. The van der Waals surface area contributed by atoms with Gasteiger partial charge in [0.25, 0.3) is 0 Å². The van der Waals surface area contributed by atoms with E-state index in [1.54, 1.807) is 0 Å². The predicted molar refractivity (Wildman–Crippen MR) is 33.1 cm³/mol. The standard InChI is InChI=1S/C5H9BrF/c6-4-2-1-3-5-7/h4H,1-3,5H2. The van der Waals surface area contributed by atoms with Gasteiger partial charge in [-0.2, -0.15) is 0 Å². The molecule has 0 rings (SSSR count). The van der Waals surface area contributed by atoms with E-state index in [0.29, 0.717) is 6.42 Å². The van der Waals surface area contributed by atoms with Crippen molar-refractivity contribution in [2.75, 3.05) is 6.67 Å². The molecule has 0 aliphatic rings.